The number of carbonyl (C=O) groups excluding carboxylic acids is 1. The van der Waals surface area contributed by atoms with Crippen molar-refractivity contribution in [3.05, 3.63) is 64.7 Å². The van der Waals surface area contributed by atoms with Crippen molar-refractivity contribution in [1.82, 2.24) is 0 Å². The van der Waals surface area contributed by atoms with E-state index in [4.69, 9.17) is 18.9 Å². The number of rotatable bonds is 4. The molecule has 0 amide bonds. The molecular formula is C27H26O7. The fraction of sp³-hybridized carbons (Fsp3) is 0.296. The third-order valence-electron chi connectivity index (χ3n) is 6.62. The van der Waals surface area contributed by atoms with Gasteiger partial charge in [-0.1, -0.05) is 12.1 Å². The Balaban J connectivity index is 1.71. The van der Waals surface area contributed by atoms with Crippen LogP contribution in [0.5, 0.6) is 28.7 Å². The van der Waals surface area contributed by atoms with Crippen LogP contribution in [0, 0.1) is 0 Å². The van der Waals surface area contributed by atoms with Crippen molar-refractivity contribution in [3.8, 4) is 39.9 Å². The number of hydrogen-bond donors (Lipinski definition) is 2. The van der Waals surface area contributed by atoms with Crippen LogP contribution in [0.25, 0.3) is 11.1 Å². The van der Waals surface area contributed by atoms with Gasteiger partial charge in [-0.05, 0) is 59.4 Å². The van der Waals surface area contributed by atoms with Gasteiger partial charge in [0.05, 0.1) is 26.7 Å². The van der Waals surface area contributed by atoms with Crippen molar-refractivity contribution in [2.24, 2.45) is 0 Å². The van der Waals surface area contributed by atoms with Gasteiger partial charge in [-0.2, -0.15) is 0 Å². The number of hydrogen-bond acceptors (Lipinski definition) is 7. The molecule has 1 aliphatic heterocycles. The standard InChI is InChI=1S/C27H26O7/c1-14(28)34-27-20(16-5-9-21(30)22(11-16)31-2)13-33-24-12-23(32-3)25-18-8-6-17(29)10-15(18)4-7-19(25)26(24)27/h5-6,8-12,20,27,29-30H,4,7,13H2,1-3H3/t20-,27-/m1/s1. The molecule has 3 aromatic carbocycles. The van der Waals surface area contributed by atoms with Crippen molar-refractivity contribution in [3.63, 3.8) is 0 Å². The lowest BCUT2D eigenvalue weighted by Gasteiger charge is -2.37. The molecule has 176 valence electrons. The average Bonchev–Trinajstić information content (AvgIpc) is 2.83. The minimum atomic E-state index is -0.589. The zero-order valence-electron chi connectivity index (χ0n) is 19.3. The summed E-state index contributed by atoms with van der Waals surface area (Å²) in [6.45, 7) is 1.68. The van der Waals surface area contributed by atoms with E-state index in [9.17, 15) is 15.0 Å². The van der Waals surface area contributed by atoms with Gasteiger partial charge in [0.2, 0.25) is 0 Å². The summed E-state index contributed by atoms with van der Waals surface area (Å²) in [5, 5.41) is 20.0. The molecule has 0 saturated carbocycles. The van der Waals surface area contributed by atoms with Gasteiger partial charge in [0, 0.05) is 24.1 Å². The van der Waals surface area contributed by atoms with E-state index >= 15 is 0 Å². The highest BCUT2D eigenvalue weighted by molar-refractivity contribution is 5.82. The van der Waals surface area contributed by atoms with Gasteiger partial charge in [-0.15, -0.1) is 0 Å². The number of ether oxygens (including phenoxy) is 4. The predicted molar refractivity (Wildman–Crippen MR) is 125 cm³/mol. The van der Waals surface area contributed by atoms with Crippen LogP contribution in [0.3, 0.4) is 0 Å². The van der Waals surface area contributed by atoms with Crippen LogP contribution in [0.2, 0.25) is 0 Å². The number of fused-ring (bicyclic) bond motifs is 5. The third-order valence-corrected chi connectivity index (χ3v) is 6.62. The van der Waals surface area contributed by atoms with Crippen molar-refractivity contribution in [1.29, 1.82) is 0 Å². The van der Waals surface area contributed by atoms with Crippen molar-refractivity contribution < 1.29 is 34.0 Å². The van der Waals surface area contributed by atoms with Crippen LogP contribution < -0.4 is 14.2 Å². The molecule has 1 aliphatic carbocycles. The summed E-state index contributed by atoms with van der Waals surface area (Å²) in [7, 11) is 3.11. The van der Waals surface area contributed by atoms with Crippen molar-refractivity contribution in [2.75, 3.05) is 20.8 Å². The molecule has 0 unspecified atom stereocenters. The Bertz CT molecular complexity index is 1280. The molecule has 5 rings (SSSR count). The Labute approximate surface area is 197 Å². The molecule has 7 heteroatoms. The van der Waals surface area contributed by atoms with E-state index in [0.29, 0.717) is 23.7 Å². The van der Waals surface area contributed by atoms with Gasteiger partial charge in [-0.25, -0.2) is 0 Å². The molecule has 1 heterocycles. The zero-order valence-corrected chi connectivity index (χ0v) is 19.3. The summed E-state index contributed by atoms with van der Waals surface area (Å²) in [5.74, 6) is 1.22. The maximum absolute atomic E-state index is 12.2. The molecule has 2 aliphatic rings. The first-order valence-electron chi connectivity index (χ1n) is 11.1. The minimum Gasteiger partial charge on any atom is -0.508 e. The first-order chi connectivity index (χ1) is 16.4. The first-order valence-corrected chi connectivity index (χ1v) is 11.1. The summed E-state index contributed by atoms with van der Waals surface area (Å²) in [5.41, 5.74) is 5.60. The summed E-state index contributed by atoms with van der Waals surface area (Å²) in [4.78, 5) is 12.2. The number of aromatic hydroxyl groups is 2. The maximum atomic E-state index is 12.2. The van der Waals surface area contributed by atoms with Crippen LogP contribution in [-0.2, 0) is 22.4 Å². The van der Waals surface area contributed by atoms with E-state index in [2.05, 4.69) is 0 Å². The van der Waals surface area contributed by atoms with Gasteiger partial charge in [-0.3, -0.25) is 4.79 Å². The normalized spacial score (nSPS) is 18.1. The molecule has 0 spiro atoms. The molecule has 0 saturated heterocycles. The molecule has 7 nitrogen and oxygen atoms in total. The number of esters is 1. The molecule has 0 aromatic heterocycles. The third kappa shape index (κ3) is 3.57. The monoisotopic (exact) mass is 462 g/mol. The molecular weight excluding hydrogens is 436 g/mol. The number of phenols is 2. The zero-order chi connectivity index (χ0) is 24.0. The fourth-order valence-electron chi connectivity index (χ4n) is 5.12. The summed E-state index contributed by atoms with van der Waals surface area (Å²) < 4.78 is 23.2. The molecule has 0 fully saturated rings. The molecule has 2 atom stereocenters. The highest BCUT2D eigenvalue weighted by Crippen LogP contribution is 2.53. The summed E-state index contributed by atoms with van der Waals surface area (Å²) in [6.07, 6.45) is 0.813. The lowest BCUT2D eigenvalue weighted by molar-refractivity contribution is -0.149. The summed E-state index contributed by atoms with van der Waals surface area (Å²) in [6, 6.07) is 12.3. The van der Waals surface area contributed by atoms with Crippen LogP contribution in [0.15, 0.2) is 42.5 Å². The molecule has 0 radical (unpaired) electrons. The molecule has 0 bridgehead atoms. The number of aryl methyl sites for hydroxylation is 1. The van der Waals surface area contributed by atoms with E-state index < -0.39 is 6.10 Å². The van der Waals surface area contributed by atoms with Crippen molar-refractivity contribution >= 4 is 5.97 Å². The first kappa shape index (κ1) is 21.9. The molecule has 2 N–H and O–H groups in total. The van der Waals surface area contributed by atoms with Gasteiger partial charge < -0.3 is 29.2 Å². The van der Waals surface area contributed by atoms with Crippen LogP contribution >= 0.6 is 0 Å². The quantitative estimate of drug-likeness (QED) is 0.545. The van der Waals surface area contributed by atoms with Crippen LogP contribution in [0.1, 0.15) is 41.2 Å². The maximum Gasteiger partial charge on any atom is 0.303 e. The number of methoxy groups -OCH3 is 2. The second-order valence-corrected chi connectivity index (χ2v) is 8.56. The molecule has 3 aromatic rings. The Morgan fingerprint density at radius 1 is 1.00 bits per heavy atom. The second kappa shape index (κ2) is 8.48. The average molecular weight is 462 g/mol. The SMILES string of the molecule is COc1cc([C@H]2COc3cc(OC)c4c(c3[C@@H]2OC(C)=O)CCc2cc(O)ccc2-4)ccc1O. The number of phenolic OH excluding ortho intramolecular Hbond substituents is 2. The highest BCUT2D eigenvalue weighted by Gasteiger charge is 2.39. The van der Waals surface area contributed by atoms with E-state index in [1.807, 2.05) is 12.1 Å². The Hall–Kier alpha value is -3.87. The number of benzene rings is 3. The fourth-order valence-corrected chi connectivity index (χ4v) is 5.12. The van der Waals surface area contributed by atoms with Crippen LogP contribution in [-0.4, -0.2) is 37.0 Å². The highest BCUT2D eigenvalue weighted by atomic mass is 16.6. The lowest BCUT2D eigenvalue weighted by atomic mass is 9.77. The Kier molecular flexibility index (Phi) is 5.48. The lowest BCUT2D eigenvalue weighted by Crippen LogP contribution is -2.29. The number of carbonyl (C=O) groups is 1. The van der Waals surface area contributed by atoms with Crippen LogP contribution in [0.4, 0.5) is 0 Å². The smallest absolute Gasteiger partial charge is 0.303 e. The topological polar surface area (TPSA) is 94.5 Å². The minimum absolute atomic E-state index is 0.0365. The van der Waals surface area contributed by atoms with Gasteiger partial charge in [0.1, 0.15) is 23.4 Å². The summed E-state index contributed by atoms with van der Waals surface area (Å²) >= 11 is 0. The van der Waals surface area contributed by atoms with E-state index in [0.717, 1.165) is 39.8 Å². The van der Waals surface area contributed by atoms with Gasteiger partial charge >= 0.3 is 5.97 Å². The van der Waals surface area contributed by atoms with E-state index in [1.165, 1.54) is 14.0 Å². The van der Waals surface area contributed by atoms with Gasteiger partial charge in [0.25, 0.3) is 0 Å². The largest absolute Gasteiger partial charge is 0.508 e. The van der Waals surface area contributed by atoms with E-state index in [1.54, 1.807) is 37.4 Å². The Morgan fingerprint density at radius 2 is 1.79 bits per heavy atom. The predicted octanol–water partition coefficient (Wildman–Crippen LogP) is 4.66. The van der Waals surface area contributed by atoms with E-state index in [-0.39, 0.29) is 30.0 Å². The van der Waals surface area contributed by atoms with Gasteiger partial charge in [0.15, 0.2) is 11.5 Å². The molecule has 34 heavy (non-hydrogen) atoms. The Morgan fingerprint density at radius 3 is 2.53 bits per heavy atom. The van der Waals surface area contributed by atoms with Crippen molar-refractivity contribution in [2.45, 2.75) is 31.8 Å². The second-order valence-electron chi connectivity index (χ2n) is 8.56.